The van der Waals surface area contributed by atoms with Crippen molar-refractivity contribution in [2.24, 2.45) is 0 Å². The minimum atomic E-state index is -0.0622. The highest BCUT2D eigenvalue weighted by atomic mass is 79.9. The van der Waals surface area contributed by atoms with E-state index in [-0.39, 0.29) is 5.91 Å². The van der Waals surface area contributed by atoms with Crippen molar-refractivity contribution in [3.63, 3.8) is 0 Å². The summed E-state index contributed by atoms with van der Waals surface area (Å²) in [5.74, 6) is 1.20. The Morgan fingerprint density at radius 3 is 2.62 bits per heavy atom. The molecule has 32 heavy (non-hydrogen) atoms. The van der Waals surface area contributed by atoms with Crippen LogP contribution in [0.4, 0.5) is 0 Å². The average Bonchev–Trinajstić information content (AvgIpc) is 3.05. The lowest BCUT2D eigenvalue weighted by Gasteiger charge is -2.16. The second-order valence-corrected chi connectivity index (χ2v) is 9.65. The van der Waals surface area contributed by atoms with Crippen molar-refractivity contribution in [2.75, 3.05) is 13.2 Å². The molecule has 3 aromatic carbocycles. The fraction of sp³-hybridized carbons (Fsp3) is 0.200. The summed E-state index contributed by atoms with van der Waals surface area (Å²) in [7, 11) is 0. The summed E-state index contributed by atoms with van der Waals surface area (Å²) in [5.41, 5.74) is 1.94. The van der Waals surface area contributed by atoms with E-state index in [2.05, 4.69) is 40.2 Å². The van der Waals surface area contributed by atoms with Crippen LogP contribution in [0, 0.1) is 0 Å². The molecule has 0 radical (unpaired) electrons. The second kappa shape index (κ2) is 10.1. The van der Waals surface area contributed by atoms with Crippen LogP contribution in [0.5, 0.6) is 11.5 Å². The number of halogens is 1. The van der Waals surface area contributed by atoms with Crippen molar-refractivity contribution in [3.05, 3.63) is 75.1 Å². The lowest BCUT2D eigenvalue weighted by atomic mass is 10.1. The Hall–Kier alpha value is -2.35. The molecule has 1 fully saturated rings. The molecule has 164 valence electrons. The van der Waals surface area contributed by atoms with E-state index in [4.69, 9.17) is 21.7 Å². The van der Waals surface area contributed by atoms with Gasteiger partial charge >= 0.3 is 0 Å². The molecule has 4 rings (SSSR count). The van der Waals surface area contributed by atoms with Crippen LogP contribution < -0.4 is 9.47 Å². The smallest absolute Gasteiger partial charge is 0.266 e. The van der Waals surface area contributed by atoms with Gasteiger partial charge in [0.05, 0.1) is 16.0 Å². The highest BCUT2D eigenvalue weighted by Crippen LogP contribution is 2.40. The predicted molar refractivity (Wildman–Crippen MR) is 139 cm³/mol. The first-order valence-electron chi connectivity index (χ1n) is 10.3. The van der Waals surface area contributed by atoms with Crippen LogP contribution in [-0.4, -0.2) is 28.3 Å². The zero-order valence-corrected chi connectivity index (χ0v) is 21.0. The van der Waals surface area contributed by atoms with Gasteiger partial charge in [0.15, 0.2) is 11.5 Å². The number of benzene rings is 3. The van der Waals surface area contributed by atoms with Gasteiger partial charge in [0, 0.05) is 6.54 Å². The monoisotopic (exact) mass is 527 g/mol. The summed E-state index contributed by atoms with van der Waals surface area (Å²) in [6, 6.07) is 18.3. The molecular formula is C25H22BrNO3S2. The topological polar surface area (TPSA) is 38.8 Å². The van der Waals surface area contributed by atoms with Crippen LogP contribution in [0.25, 0.3) is 16.8 Å². The van der Waals surface area contributed by atoms with E-state index in [0.29, 0.717) is 40.5 Å². The standard InChI is InChI=1S/C25H22BrNO3S2/c1-3-27-24(28)22(32-25(27)31)14-16-12-20(26)23(21(13-16)29-4-2)30-15-18-10-7-9-17-8-5-6-11-19(17)18/h5-14H,3-4,15H2,1-2H3/b22-14-. The number of amides is 1. The van der Waals surface area contributed by atoms with Crippen LogP contribution in [-0.2, 0) is 11.4 Å². The third-order valence-corrected chi connectivity index (χ3v) is 7.04. The van der Waals surface area contributed by atoms with Crippen molar-refractivity contribution in [2.45, 2.75) is 20.5 Å². The molecule has 7 heteroatoms. The van der Waals surface area contributed by atoms with Gasteiger partial charge in [-0.25, -0.2) is 0 Å². The Kier molecular flexibility index (Phi) is 7.18. The quantitative estimate of drug-likeness (QED) is 0.249. The Morgan fingerprint density at radius 1 is 1.09 bits per heavy atom. The van der Waals surface area contributed by atoms with Crippen LogP contribution in [0.2, 0.25) is 0 Å². The van der Waals surface area contributed by atoms with Gasteiger partial charge in [-0.15, -0.1) is 0 Å². The van der Waals surface area contributed by atoms with Gasteiger partial charge < -0.3 is 9.47 Å². The summed E-state index contributed by atoms with van der Waals surface area (Å²) < 4.78 is 13.4. The summed E-state index contributed by atoms with van der Waals surface area (Å²) in [6.07, 6.45) is 1.84. The number of thiocarbonyl (C=S) groups is 1. The summed E-state index contributed by atoms with van der Waals surface area (Å²) in [4.78, 5) is 14.8. The molecule has 0 unspecified atom stereocenters. The number of hydrogen-bond acceptors (Lipinski definition) is 5. The van der Waals surface area contributed by atoms with Crippen molar-refractivity contribution in [1.29, 1.82) is 0 Å². The fourth-order valence-electron chi connectivity index (χ4n) is 3.57. The number of thioether (sulfide) groups is 1. The Labute approximate surface area is 205 Å². The van der Waals surface area contributed by atoms with Gasteiger partial charge in [0.1, 0.15) is 10.9 Å². The van der Waals surface area contributed by atoms with Crippen LogP contribution in [0.1, 0.15) is 25.0 Å². The zero-order chi connectivity index (χ0) is 22.7. The molecular weight excluding hydrogens is 506 g/mol. The molecule has 1 saturated heterocycles. The van der Waals surface area contributed by atoms with Gasteiger partial charge in [-0.3, -0.25) is 9.69 Å². The summed E-state index contributed by atoms with van der Waals surface area (Å²) in [5, 5.41) is 2.34. The van der Waals surface area contributed by atoms with Crippen LogP contribution in [0.15, 0.2) is 64.0 Å². The molecule has 3 aromatic rings. The molecule has 0 atom stereocenters. The highest BCUT2D eigenvalue weighted by Gasteiger charge is 2.30. The molecule has 0 N–H and O–H groups in total. The van der Waals surface area contributed by atoms with Crippen molar-refractivity contribution >= 4 is 67.0 Å². The normalized spacial score (nSPS) is 15.1. The first-order chi connectivity index (χ1) is 15.5. The lowest BCUT2D eigenvalue weighted by molar-refractivity contribution is -0.121. The average molecular weight is 528 g/mol. The van der Waals surface area contributed by atoms with E-state index in [1.807, 2.05) is 50.3 Å². The largest absolute Gasteiger partial charge is 0.490 e. The van der Waals surface area contributed by atoms with Crippen LogP contribution >= 0.6 is 39.9 Å². The number of likely N-dealkylation sites (N-methyl/N-ethyl adjacent to an activating group) is 1. The van der Waals surface area contributed by atoms with E-state index in [0.717, 1.165) is 15.6 Å². The molecule has 0 bridgehead atoms. The molecule has 1 heterocycles. The van der Waals surface area contributed by atoms with E-state index in [9.17, 15) is 4.79 Å². The summed E-state index contributed by atoms with van der Waals surface area (Å²) >= 11 is 10.3. The number of nitrogens with zero attached hydrogens (tertiary/aromatic N) is 1. The minimum absolute atomic E-state index is 0.0622. The SMILES string of the molecule is CCOc1cc(/C=C2\SC(=S)N(CC)C2=O)cc(Br)c1OCc1cccc2ccccc12. The second-order valence-electron chi connectivity index (χ2n) is 7.12. The van der Waals surface area contributed by atoms with E-state index in [1.54, 1.807) is 4.90 Å². The number of carbonyl (C=O) groups is 1. The number of carbonyl (C=O) groups excluding carboxylic acids is 1. The maximum Gasteiger partial charge on any atom is 0.266 e. The molecule has 0 spiro atoms. The lowest BCUT2D eigenvalue weighted by Crippen LogP contribution is -2.27. The van der Waals surface area contributed by atoms with Crippen molar-refractivity contribution in [1.82, 2.24) is 4.90 Å². The van der Waals surface area contributed by atoms with Gasteiger partial charge in [0.2, 0.25) is 0 Å². The predicted octanol–water partition coefficient (Wildman–Crippen LogP) is 6.80. The molecule has 1 aliphatic rings. The maximum atomic E-state index is 12.6. The first-order valence-corrected chi connectivity index (χ1v) is 12.3. The third-order valence-electron chi connectivity index (χ3n) is 5.07. The number of fused-ring (bicyclic) bond motifs is 1. The van der Waals surface area contributed by atoms with Gasteiger partial charge in [-0.05, 0) is 69.9 Å². The van der Waals surface area contributed by atoms with Crippen LogP contribution in [0.3, 0.4) is 0 Å². The number of rotatable bonds is 7. The third kappa shape index (κ3) is 4.70. The maximum absolute atomic E-state index is 12.6. The molecule has 0 aliphatic carbocycles. The molecule has 0 aromatic heterocycles. The van der Waals surface area contributed by atoms with Crippen molar-refractivity contribution in [3.8, 4) is 11.5 Å². The minimum Gasteiger partial charge on any atom is -0.490 e. The molecule has 1 amide bonds. The zero-order valence-electron chi connectivity index (χ0n) is 17.8. The van der Waals surface area contributed by atoms with Gasteiger partial charge in [0.25, 0.3) is 5.91 Å². The Balaban J connectivity index is 1.63. The first kappa shape index (κ1) is 22.8. The van der Waals surface area contributed by atoms with E-state index >= 15 is 0 Å². The van der Waals surface area contributed by atoms with Crippen molar-refractivity contribution < 1.29 is 14.3 Å². The summed E-state index contributed by atoms with van der Waals surface area (Å²) in [6.45, 7) is 5.32. The molecule has 4 nitrogen and oxygen atoms in total. The Bertz CT molecular complexity index is 1220. The fourth-order valence-corrected chi connectivity index (χ4v) is 5.52. The molecule has 1 aliphatic heterocycles. The number of hydrogen-bond donors (Lipinski definition) is 0. The highest BCUT2D eigenvalue weighted by molar-refractivity contribution is 9.10. The van der Waals surface area contributed by atoms with E-state index < -0.39 is 0 Å². The molecule has 0 saturated carbocycles. The number of ether oxygens (including phenoxy) is 2. The van der Waals surface area contributed by atoms with E-state index in [1.165, 1.54) is 22.5 Å². The van der Waals surface area contributed by atoms with Gasteiger partial charge in [-0.2, -0.15) is 0 Å². The Morgan fingerprint density at radius 2 is 1.88 bits per heavy atom. The van der Waals surface area contributed by atoms with Gasteiger partial charge in [-0.1, -0.05) is 66.4 Å².